The van der Waals surface area contributed by atoms with Crippen molar-refractivity contribution in [2.45, 2.75) is 32.1 Å². The second kappa shape index (κ2) is 7.55. The standard InChI is InChI=1S/C19H26N4/c1-15-21-18(17-9-6-11-20-14-17)13-19(22-15)23(2)12-10-16-7-4-3-5-8-16/h3-5,7-8,13,17,20H,6,9-12,14H2,1-2H3/t17-/m1/s1. The van der Waals surface area contributed by atoms with Crippen molar-refractivity contribution < 1.29 is 0 Å². The van der Waals surface area contributed by atoms with Gasteiger partial charge in [0.2, 0.25) is 0 Å². The zero-order valence-corrected chi connectivity index (χ0v) is 14.1. The van der Waals surface area contributed by atoms with Crippen molar-refractivity contribution in [1.29, 1.82) is 0 Å². The number of piperidine rings is 1. The molecule has 1 atom stereocenters. The van der Waals surface area contributed by atoms with Gasteiger partial charge in [-0.25, -0.2) is 9.97 Å². The molecule has 1 fully saturated rings. The lowest BCUT2D eigenvalue weighted by molar-refractivity contribution is 0.453. The number of anilines is 1. The highest BCUT2D eigenvalue weighted by atomic mass is 15.2. The molecular formula is C19H26N4. The molecule has 23 heavy (non-hydrogen) atoms. The molecule has 0 unspecified atom stereocenters. The Morgan fingerprint density at radius 3 is 2.78 bits per heavy atom. The SMILES string of the molecule is Cc1nc([C@@H]2CCCNC2)cc(N(C)CCc2ccccc2)n1. The summed E-state index contributed by atoms with van der Waals surface area (Å²) in [7, 11) is 2.12. The van der Waals surface area contributed by atoms with Gasteiger partial charge in [0.15, 0.2) is 0 Å². The lowest BCUT2D eigenvalue weighted by atomic mass is 9.96. The van der Waals surface area contributed by atoms with Gasteiger partial charge in [-0.2, -0.15) is 0 Å². The van der Waals surface area contributed by atoms with Crippen LogP contribution in [0.15, 0.2) is 36.4 Å². The first-order valence-corrected chi connectivity index (χ1v) is 8.54. The summed E-state index contributed by atoms with van der Waals surface area (Å²) in [6.45, 7) is 5.12. The number of likely N-dealkylation sites (N-methyl/N-ethyl adjacent to an activating group) is 1. The zero-order chi connectivity index (χ0) is 16.1. The van der Waals surface area contributed by atoms with Crippen LogP contribution in [0.25, 0.3) is 0 Å². The number of hydrogen-bond donors (Lipinski definition) is 1. The first-order chi connectivity index (χ1) is 11.2. The summed E-state index contributed by atoms with van der Waals surface area (Å²) in [5, 5.41) is 3.47. The Morgan fingerprint density at radius 1 is 1.22 bits per heavy atom. The Hall–Kier alpha value is -1.94. The second-order valence-electron chi connectivity index (χ2n) is 6.40. The van der Waals surface area contributed by atoms with E-state index in [-0.39, 0.29) is 0 Å². The van der Waals surface area contributed by atoms with Crippen LogP contribution in [0, 0.1) is 6.92 Å². The maximum Gasteiger partial charge on any atom is 0.132 e. The smallest absolute Gasteiger partial charge is 0.132 e. The average Bonchev–Trinajstić information content (AvgIpc) is 2.61. The molecule has 1 N–H and O–H groups in total. The number of benzene rings is 1. The van der Waals surface area contributed by atoms with Crippen molar-refractivity contribution in [3.05, 3.63) is 53.5 Å². The van der Waals surface area contributed by atoms with Crippen LogP contribution in [0.2, 0.25) is 0 Å². The maximum absolute atomic E-state index is 4.68. The Kier molecular flexibility index (Phi) is 5.23. The summed E-state index contributed by atoms with van der Waals surface area (Å²) in [6.07, 6.45) is 3.48. The molecule has 1 saturated heterocycles. The van der Waals surface area contributed by atoms with Crippen LogP contribution in [0.4, 0.5) is 5.82 Å². The van der Waals surface area contributed by atoms with Gasteiger partial charge in [0, 0.05) is 32.1 Å². The van der Waals surface area contributed by atoms with Crippen molar-refractivity contribution in [3.8, 4) is 0 Å². The third kappa shape index (κ3) is 4.29. The molecule has 122 valence electrons. The maximum atomic E-state index is 4.68. The van der Waals surface area contributed by atoms with Crippen LogP contribution < -0.4 is 10.2 Å². The molecule has 4 heteroatoms. The van der Waals surface area contributed by atoms with Crippen LogP contribution in [0.3, 0.4) is 0 Å². The van der Waals surface area contributed by atoms with Crippen LogP contribution in [0.5, 0.6) is 0 Å². The third-order valence-corrected chi connectivity index (χ3v) is 4.53. The Balaban J connectivity index is 1.69. The first kappa shape index (κ1) is 15.9. The quantitative estimate of drug-likeness (QED) is 0.922. The van der Waals surface area contributed by atoms with Crippen molar-refractivity contribution >= 4 is 5.82 Å². The topological polar surface area (TPSA) is 41.1 Å². The van der Waals surface area contributed by atoms with Crippen molar-refractivity contribution in [2.75, 3.05) is 31.6 Å². The lowest BCUT2D eigenvalue weighted by Gasteiger charge is -2.24. The number of aryl methyl sites for hydroxylation is 1. The van der Waals surface area contributed by atoms with E-state index in [1.54, 1.807) is 0 Å². The van der Waals surface area contributed by atoms with Crippen molar-refractivity contribution in [1.82, 2.24) is 15.3 Å². The van der Waals surface area contributed by atoms with Gasteiger partial charge in [0.25, 0.3) is 0 Å². The minimum absolute atomic E-state index is 0.520. The van der Waals surface area contributed by atoms with E-state index in [1.807, 2.05) is 6.92 Å². The summed E-state index contributed by atoms with van der Waals surface area (Å²) in [6, 6.07) is 12.8. The van der Waals surface area contributed by atoms with Gasteiger partial charge in [-0.05, 0) is 38.3 Å². The highest BCUT2D eigenvalue weighted by Gasteiger charge is 2.18. The molecular weight excluding hydrogens is 284 g/mol. The average molecular weight is 310 g/mol. The first-order valence-electron chi connectivity index (χ1n) is 8.54. The summed E-state index contributed by atoms with van der Waals surface area (Å²) < 4.78 is 0. The Morgan fingerprint density at radius 2 is 2.04 bits per heavy atom. The van der Waals surface area contributed by atoms with Crippen LogP contribution >= 0.6 is 0 Å². The van der Waals surface area contributed by atoms with Gasteiger partial charge in [-0.15, -0.1) is 0 Å². The van der Waals surface area contributed by atoms with Crippen molar-refractivity contribution in [3.63, 3.8) is 0 Å². The molecule has 0 radical (unpaired) electrons. The summed E-state index contributed by atoms with van der Waals surface area (Å²) >= 11 is 0. The van der Waals surface area contributed by atoms with Crippen LogP contribution in [-0.4, -0.2) is 36.6 Å². The molecule has 1 aromatic heterocycles. The fourth-order valence-corrected chi connectivity index (χ4v) is 3.14. The number of hydrogen-bond acceptors (Lipinski definition) is 4. The molecule has 2 aromatic rings. The number of rotatable bonds is 5. The molecule has 0 bridgehead atoms. The monoisotopic (exact) mass is 310 g/mol. The highest BCUT2D eigenvalue weighted by Crippen LogP contribution is 2.24. The number of nitrogens with one attached hydrogen (secondary N) is 1. The molecule has 0 saturated carbocycles. The van der Waals surface area contributed by atoms with E-state index < -0.39 is 0 Å². The fourth-order valence-electron chi connectivity index (χ4n) is 3.14. The minimum Gasteiger partial charge on any atom is -0.359 e. The van der Waals surface area contributed by atoms with E-state index in [0.29, 0.717) is 5.92 Å². The Labute approximate surface area is 139 Å². The molecule has 3 rings (SSSR count). The minimum atomic E-state index is 0.520. The molecule has 0 spiro atoms. The van der Waals surface area contributed by atoms with E-state index >= 15 is 0 Å². The van der Waals surface area contributed by atoms with Gasteiger partial charge in [-0.3, -0.25) is 0 Å². The summed E-state index contributed by atoms with van der Waals surface area (Å²) in [5.74, 6) is 2.43. The van der Waals surface area contributed by atoms with E-state index in [1.165, 1.54) is 24.1 Å². The normalized spacial score (nSPS) is 17.9. The van der Waals surface area contributed by atoms with Gasteiger partial charge in [0.1, 0.15) is 11.6 Å². The molecule has 0 aliphatic carbocycles. The van der Waals surface area contributed by atoms with E-state index in [2.05, 4.69) is 63.6 Å². The Bertz CT molecular complexity index is 621. The largest absolute Gasteiger partial charge is 0.359 e. The number of nitrogens with zero attached hydrogens (tertiary/aromatic N) is 3. The lowest BCUT2D eigenvalue weighted by Crippen LogP contribution is -2.29. The number of aromatic nitrogens is 2. The van der Waals surface area contributed by atoms with E-state index in [4.69, 9.17) is 0 Å². The predicted molar refractivity (Wildman–Crippen MR) is 95.0 cm³/mol. The zero-order valence-electron chi connectivity index (χ0n) is 14.1. The highest BCUT2D eigenvalue weighted by molar-refractivity contribution is 5.40. The molecule has 4 nitrogen and oxygen atoms in total. The van der Waals surface area contributed by atoms with E-state index in [0.717, 1.165) is 37.7 Å². The van der Waals surface area contributed by atoms with E-state index in [9.17, 15) is 0 Å². The van der Waals surface area contributed by atoms with Gasteiger partial charge in [-0.1, -0.05) is 30.3 Å². The van der Waals surface area contributed by atoms with Crippen LogP contribution in [0.1, 0.15) is 35.8 Å². The third-order valence-electron chi connectivity index (χ3n) is 4.53. The van der Waals surface area contributed by atoms with Gasteiger partial charge < -0.3 is 10.2 Å². The molecule has 1 aromatic carbocycles. The van der Waals surface area contributed by atoms with Gasteiger partial charge >= 0.3 is 0 Å². The van der Waals surface area contributed by atoms with Gasteiger partial charge in [0.05, 0.1) is 5.69 Å². The predicted octanol–water partition coefficient (Wildman–Crippen LogP) is 2.93. The molecule has 0 amide bonds. The molecule has 1 aliphatic heterocycles. The fraction of sp³-hybridized carbons (Fsp3) is 0.474. The molecule has 2 heterocycles. The summed E-state index contributed by atoms with van der Waals surface area (Å²) in [4.78, 5) is 11.6. The van der Waals surface area contributed by atoms with Crippen molar-refractivity contribution in [2.24, 2.45) is 0 Å². The second-order valence-corrected chi connectivity index (χ2v) is 6.40. The molecule has 1 aliphatic rings. The van der Waals surface area contributed by atoms with Crippen LogP contribution in [-0.2, 0) is 6.42 Å². The summed E-state index contributed by atoms with van der Waals surface area (Å²) in [5.41, 5.74) is 2.55.